The average Bonchev–Trinajstić information content (AvgIpc) is 2.09. The molecule has 4 atom stereocenters. The van der Waals surface area contributed by atoms with Crippen LogP contribution in [0.3, 0.4) is 0 Å². The van der Waals surface area contributed by atoms with Crippen molar-refractivity contribution in [3.63, 3.8) is 0 Å². The van der Waals surface area contributed by atoms with Gasteiger partial charge in [-0.2, -0.15) is 0 Å². The molecule has 0 aromatic heterocycles. The molecule has 2 rings (SSSR count). The van der Waals surface area contributed by atoms with Gasteiger partial charge in [0, 0.05) is 11.8 Å². The fourth-order valence-electron chi connectivity index (χ4n) is 2.24. The summed E-state index contributed by atoms with van der Waals surface area (Å²) in [6.45, 7) is 0. The summed E-state index contributed by atoms with van der Waals surface area (Å²) in [7, 11) is 0. The highest BCUT2D eigenvalue weighted by molar-refractivity contribution is 9.10. The Bertz CT molecular complexity index is 234. The number of rotatable bonds is 0. The number of halogens is 2. The van der Waals surface area contributed by atoms with Crippen molar-refractivity contribution < 1.29 is 9.59 Å². The maximum atomic E-state index is 11.6. The lowest BCUT2D eigenvalue weighted by Crippen LogP contribution is -2.45. The fraction of sp³-hybridized carbons (Fsp3) is 0.778. The van der Waals surface area contributed by atoms with Gasteiger partial charge in [0.2, 0.25) is 0 Å². The van der Waals surface area contributed by atoms with Crippen LogP contribution in [0.1, 0.15) is 19.3 Å². The van der Waals surface area contributed by atoms with Crippen LogP contribution in [0, 0.1) is 11.8 Å². The first-order valence-corrected chi connectivity index (χ1v) is 6.28. The number of carbonyl (C=O) groups is 2. The van der Waals surface area contributed by atoms with Gasteiger partial charge in [0.05, 0.1) is 9.65 Å². The summed E-state index contributed by atoms with van der Waals surface area (Å²) < 4.78 is 0. The second kappa shape index (κ2) is 3.46. The predicted octanol–water partition coefficient (Wildman–Crippen LogP) is 2.08. The van der Waals surface area contributed by atoms with Gasteiger partial charge in [0.25, 0.3) is 0 Å². The van der Waals surface area contributed by atoms with E-state index in [0.717, 1.165) is 6.42 Å². The first-order chi connectivity index (χ1) is 6.09. The molecule has 2 fully saturated rings. The van der Waals surface area contributed by atoms with Crippen LogP contribution in [0.4, 0.5) is 0 Å². The first kappa shape index (κ1) is 9.84. The largest absolute Gasteiger partial charge is 0.298 e. The Balaban J connectivity index is 2.21. The Morgan fingerprint density at radius 3 is 1.62 bits per heavy atom. The summed E-state index contributed by atoms with van der Waals surface area (Å²) in [4.78, 5) is 23.1. The highest BCUT2D eigenvalue weighted by Crippen LogP contribution is 2.40. The lowest BCUT2D eigenvalue weighted by atomic mass is 9.71. The van der Waals surface area contributed by atoms with Crippen molar-refractivity contribution >= 4 is 43.4 Å². The lowest BCUT2D eigenvalue weighted by Gasteiger charge is -2.36. The zero-order valence-electron chi connectivity index (χ0n) is 7.00. The molecule has 0 radical (unpaired) electrons. The maximum Gasteiger partial charge on any atom is 0.149 e. The normalized spacial score (nSPS) is 45.1. The van der Waals surface area contributed by atoms with Crippen molar-refractivity contribution in [3.8, 4) is 0 Å². The lowest BCUT2D eigenvalue weighted by molar-refractivity contribution is -0.133. The molecule has 0 saturated heterocycles. The summed E-state index contributed by atoms with van der Waals surface area (Å²) >= 11 is 6.68. The van der Waals surface area contributed by atoms with E-state index in [9.17, 15) is 9.59 Å². The molecule has 2 bridgehead atoms. The molecular formula is C9H10Br2O2. The quantitative estimate of drug-likeness (QED) is 0.642. The third-order valence-corrected chi connectivity index (χ3v) is 4.62. The molecule has 2 nitrogen and oxygen atoms in total. The van der Waals surface area contributed by atoms with Crippen LogP contribution in [0.5, 0.6) is 0 Å². The van der Waals surface area contributed by atoms with Crippen LogP contribution in [0.15, 0.2) is 0 Å². The Morgan fingerprint density at radius 1 is 0.846 bits per heavy atom. The van der Waals surface area contributed by atoms with E-state index in [1.807, 2.05) is 0 Å². The van der Waals surface area contributed by atoms with Gasteiger partial charge in [0.1, 0.15) is 11.6 Å². The molecule has 2 saturated carbocycles. The highest BCUT2D eigenvalue weighted by atomic mass is 79.9. The fourth-order valence-corrected chi connectivity index (χ4v) is 3.89. The molecule has 13 heavy (non-hydrogen) atoms. The molecule has 0 heterocycles. The number of Topliss-reactive ketones (excluding diaryl/α,β-unsaturated/α-hetero) is 2. The topological polar surface area (TPSA) is 34.1 Å². The summed E-state index contributed by atoms with van der Waals surface area (Å²) in [5.41, 5.74) is 0. The van der Waals surface area contributed by atoms with Gasteiger partial charge < -0.3 is 0 Å². The van der Waals surface area contributed by atoms with Crippen LogP contribution < -0.4 is 0 Å². The van der Waals surface area contributed by atoms with Crippen molar-refractivity contribution in [1.82, 2.24) is 0 Å². The van der Waals surface area contributed by atoms with Crippen molar-refractivity contribution in [2.75, 3.05) is 0 Å². The molecule has 0 spiro atoms. The van der Waals surface area contributed by atoms with Crippen LogP contribution in [-0.2, 0) is 9.59 Å². The molecule has 0 aromatic carbocycles. The SMILES string of the molecule is O=C1[C@@H]2C[C@H](C[C@@H]1Br)C(=O)[C@@H](Br)C2. The smallest absolute Gasteiger partial charge is 0.149 e. The van der Waals surface area contributed by atoms with E-state index in [1.165, 1.54) is 0 Å². The second-order valence-corrected chi connectivity index (χ2v) is 6.05. The van der Waals surface area contributed by atoms with Crippen LogP contribution >= 0.6 is 31.9 Å². The number of hydrogen-bond donors (Lipinski definition) is 0. The minimum atomic E-state index is -0.0831. The van der Waals surface area contributed by atoms with Crippen LogP contribution in [-0.4, -0.2) is 21.2 Å². The molecule has 0 amide bonds. The molecule has 0 aliphatic heterocycles. The number of alkyl halides is 2. The highest BCUT2D eigenvalue weighted by Gasteiger charge is 2.44. The number of ketones is 2. The Labute approximate surface area is 93.7 Å². The Hall–Kier alpha value is 0.300. The van der Waals surface area contributed by atoms with Gasteiger partial charge in [-0.1, -0.05) is 31.9 Å². The minimum absolute atomic E-state index is 0.0831. The summed E-state index contributed by atoms with van der Waals surface area (Å²) in [6.07, 6.45) is 2.16. The molecule has 72 valence electrons. The summed E-state index contributed by atoms with van der Waals surface area (Å²) in [6, 6.07) is 0. The van der Waals surface area contributed by atoms with Gasteiger partial charge in [-0.15, -0.1) is 0 Å². The summed E-state index contributed by atoms with van der Waals surface area (Å²) in [5, 5.41) is 0. The molecule has 2 aliphatic rings. The van der Waals surface area contributed by atoms with Crippen molar-refractivity contribution in [2.45, 2.75) is 28.9 Å². The zero-order valence-corrected chi connectivity index (χ0v) is 10.2. The van der Waals surface area contributed by atoms with E-state index >= 15 is 0 Å². The van der Waals surface area contributed by atoms with E-state index < -0.39 is 0 Å². The van der Waals surface area contributed by atoms with Gasteiger partial charge >= 0.3 is 0 Å². The van der Waals surface area contributed by atoms with Crippen LogP contribution in [0.2, 0.25) is 0 Å². The third-order valence-electron chi connectivity index (χ3n) is 2.97. The van der Waals surface area contributed by atoms with Crippen molar-refractivity contribution in [2.24, 2.45) is 11.8 Å². The first-order valence-electron chi connectivity index (χ1n) is 4.45. The maximum absolute atomic E-state index is 11.6. The molecule has 0 N–H and O–H groups in total. The predicted molar refractivity (Wildman–Crippen MR) is 56.3 cm³/mol. The molecule has 4 heteroatoms. The molecule has 2 aliphatic carbocycles. The summed E-state index contributed by atoms with van der Waals surface area (Å²) in [5.74, 6) is 0.775. The van der Waals surface area contributed by atoms with Crippen molar-refractivity contribution in [3.05, 3.63) is 0 Å². The van der Waals surface area contributed by atoms with Gasteiger partial charge in [-0.3, -0.25) is 9.59 Å². The molecule has 0 aromatic rings. The third kappa shape index (κ3) is 1.63. The minimum Gasteiger partial charge on any atom is -0.298 e. The van der Waals surface area contributed by atoms with Gasteiger partial charge in [-0.25, -0.2) is 0 Å². The monoisotopic (exact) mass is 308 g/mol. The number of carbonyl (C=O) groups excluding carboxylic acids is 2. The average molecular weight is 310 g/mol. The number of hydrogen-bond acceptors (Lipinski definition) is 2. The van der Waals surface area contributed by atoms with Gasteiger partial charge in [0.15, 0.2) is 0 Å². The molecular weight excluding hydrogens is 300 g/mol. The van der Waals surface area contributed by atoms with E-state index in [1.54, 1.807) is 0 Å². The van der Waals surface area contributed by atoms with E-state index in [4.69, 9.17) is 0 Å². The van der Waals surface area contributed by atoms with E-state index in [2.05, 4.69) is 31.9 Å². The van der Waals surface area contributed by atoms with E-state index in [0.29, 0.717) is 12.8 Å². The zero-order chi connectivity index (χ0) is 9.59. The molecule has 0 unspecified atom stereocenters. The van der Waals surface area contributed by atoms with Crippen LogP contribution in [0.25, 0.3) is 0 Å². The van der Waals surface area contributed by atoms with E-state index in [-0.39, 0.29) is 33.1 Å². The number of fused-ring (bicyclic) bond motifs is 2. The second-order valence-electron chi connectivity index (χ2n) is 3.84. The standard InChI is InChI=1S/C9H10Br2O2/c10-6-2-4-1-5(9(6)13)3-7(11)8(4)12/h4-7H,1-3H2/t4-,5-,6+,7+/m1/s1. The van der Waals surface area contributed by atoms with Crippen molar-refractivity contribution in [1.29, 1.82) is 0 Å². The van der Waals surface area contributed by atoms with Gasteiger partial charge in [-0.05, 0) is 19.3 Å². The Morgan fingerprint density at radius 2 is 1.23 bits per heavy atom. The Kier molecular flexibility index (Phi) is 2.62.